The first-order chi connectivity index (χ1) is 5.60. The average molecular weight is 215 g/mol. The Bertz CT molecular complexity index is 179. The third-order valence-corrected chi connectivity index (χ3v) is 4.92. The van der Waals surface area contributed by atoms with Crippen LogP contribution in [0.15, 0.2) is 11.6 Å². The van der Waals surface area contributed by atoms with Gasteiger partial charge in [0.2, 0.25) is 0 Å². The Morgan fingerprint density at radius 2 is 1.38 bits per heavy atom. The van der Waals surface area contributed by atoms with Gasteiger partial charge in [0.05, 0.1) is 0 Å². The third-order valence-electron chi connectivity index (χ3n) is 1.87. The molecule has 0 bridgehead atoms. The van der Waals surface area contributed by atoms with Gasteiger partial charge in [0.15, 0.2) is 0 Å². The normalized spacial score (nSPS) is 14.8. The zero-order valence-electron chi connectivity index (χ0n) is 10.5. The smallest absolute Gasteiger partial charge is 0.0483 e. The maximum absolute atomic E-state index is 2.49. The summed E-state index contributed by atoms with van der Waals surface area (Å²) in [5.41, 5.74) is 1.63. The summed E-state index contributed by atoms with van der Waals surface area (Å²) in [6.45, 7) is 16.9. The number of hydrogen-bond acceptors (Lipinski definition) is 0. The van der Waals surface area contributed by atoms with Gasteiger partial charge in [-0.1, -0.05) is 50.9 Å². The van der Waals surface area contributed by atoms with Crippen molar-refractivity contribution in [1.82, 2.24) is 0 Å². The summed E-state index contributed by atoms with van der Waals surface area (Å²) in [5.74, 6) is 0. The van der Waals surface area contributed by atoms with Crippen LogP contribution < -0.4 is 0 Å². The second-order valence-corrected chi connectivity index (χ2v) is 17.6. The van der Waals surface area contributed by atoms with E-state index in [1.165, 1.54) is 12.1 Å². The van der Waals surface area contributed by atoms with Gasteiger partial charge in [-0.15, -0.1) is 0 Å². The molecule has 0 saturated carbocycles. The van der Waals surface area contributed by atoms with Crippen molar-refractivity contribution < 1.29 is 0 Å². The van der Waals surface area contributed by atoms with Crippen LogP contribution in [-0.4, -0.2) is 16.1 Å². The summed E-state index contributed by atoms with van der Waals surface area (Å²) in [7, 11) is -1.73. The van der Waals surface area contributed by atoms with E-state index in [4.69, 9.17) is 0 Å². The maximum atomic E-state index is 2.49. The minimum absolute atomic E-state index is 0.856. The molecule has 0 amide bonds. The van der Waals surface area contributed by atoms with Crippen LogP contribution in [0.5, 0.6) is 0 Å². The Morgan fingerprint density at radius 1 is 0.923 bits per heavy atom. The summed E-state index contributed by atoms with van der Waals surface area (Å²) in [4.78, 5) is 0. The molecular weight excluding hydrogens is 188 g/mol. The van der Waals surface area contributed by atoms with Crippen LogP contribution in [0.3, 0.4) is 0 Å². The van der Waals surface area contributed by atoms with Crippen LogP contribution in [0.4, 0.5) is 0 Å². The van der Waals surface area contributed by atoms with Gasteiger partial charge in [-0.2, -0.15) is 0 Å². The largest absolute Gasteiger partial charge is 0.0886 e. The molecule has 2 heteroatoms. The lowest BCUT2D eigenvalue weighted by atomic mass is 10.3. The van der Waals surface area contributed by atoms with Crippen molar-refractivity contribution in [2.24, 2.45) is 0 Å². The van der Waals surface area contributed by atoms with Crippen molar-refractivity contribution in [1.29, 1.82) is 0 Å². The molecule has 0 N–H and O–H groups in total. The Labute approximate surface area is 86.5 Å². The minimum Gasteiger partial charge on any atom is -0.0886 e. The monoisotopic (exact) mass is 214 g/mol. The summed E-state index contributed by atoms with van der Waals surface area (Å²) in [6, 6.07) is 2.72. The standard InChI is InChI=1S/C11H26Si2/c1-11(10-13(5,6)7)8-9-12(2,3)4/h8H,9-10H2,1-7H3/b11-8-. The van der Waals surface area contributed by atoms with E-state index < -0.39 is 16.1 Å². The first kappa shape index (κ1) is 13.2. The lowest BCUT2D eigenvalue weighted by Gasteiger charge is -2.18. The van der Waals surface area contributed by atoms with Crippen molar-refractivity contribution >= 4 is 16.1 Å². The molecule has 78 valence electrons. The highest BCUT2D eigenvalue weighted by Crippen LogP contribution is 2.18. The molecule has 0 saturated heterocycles. The molecule has 0 aromatic carbocycles. The minimum atomic E-state index is -0.869. The molecule has 0 unspecified atom stereocenters. The molecule has 0 heterocycles. The van der Waals surface area contributed by atoms with Crippen molar-refractivity contribution in [3.05, 3.63) is 11.6 Å². The molecular formula is C11H26Si2. The number of allylic oxidation sites excluding steroid dienone is 2. The van der Waals surface area contributed by atoms with Gasteiger partial charge in [-0.25, -0.2) is 0 Å². The Balaban J connectivity index is 4.05. The van der Waals surface area contributed by atoms with Crippen molar-refractivity contribution in [2.45, 2.75) is 58.3 Å². The molecule has 0 aromatic heterocycles. The van der Waals surface area contributed by atoms with Crippen molar-refractivity contribution in [3.8, 4) is 0 Å². The first-order valence-corrected chi connectivity index (χ1v) is 12.7. The van der Waals surface area contributed by atoms with Crippen molar-refractivity contribution in [3.63, 3.8) is 0 Å². The van der Waals surface area contributed by atoms with E-state index in [1.54, 1.807) is 5.57 Å². The van der Waals surface area contributed by atoms with Gasteiger partial charge in [0.1, 0.15) is 0 Å². The quantitative estimate of drug-likeness (QED) is 0.474. The molecule has 0 aliphatic heterocycles. The molecule has 13 heavy (non-hydrogen) atoms. The van der Waals surface area contributed by atoms with E-state index in [1.807, 2.05) is 0 Å². The predicted octanol–water partition coefficient (Wildman–Crippen LogP) is 4.61. The summed E-state index contributed by atoms with van der Waals surface area (Å²) in [5, 5.41) is 0. The number of hydrogen-bond donors (Lipinski definition) is 0. The molecule has 0 radical (unpaired) electrons. The zero-order chi connectivity index (χ0) is 10.7. The molecule has 0 aromatic rings. The zero-order valence-corrected chi connectivity index (χ0v) is 12.5. The molecule has 0 aliphatic carbocycles. The van der Waals surface area contributed by atoms with Crippen LogP contribution in [0.1, 0.15) is 6.92 Å². The van der Waals surface area contributed by atoms with Gasteiger partial charge >= 0.3 is 0 Å². The number of rotatable bonds is 4. The van der Waals surface area contributed by atoms with Gasteiger partial charge in [-0.3, -0.25) is 0 Å². The fourth-order valence-corrected chi connectivity index (χ4v) is 4.17. The van der Waals surface area contributed by atoms with Crippen LogP contribution in [0.25, 0.3) is 0 Å². The summed E-state index contributed by atoms with van der Waals surface area (Å²) < 4.78 is 0. The highest BCUT2D eigenvalue weighted by molar-refractivity contribution is 6.77. The van der Waals surface area contributed by atoms with E-state index >= 15 is 0 Å². The summed E-state index contributed by atoms with van der Waals surface area (Å²) >= 11 is 0. The van der Waals surface area contributed by atoms with Gasteiger partial charge < -0.3 is 0 Å². The Kier molecular flexibility index (Phi) is 4.66. The Morgan fingerprint density at radius 3 is 1.69 bits per heavy atom. The average Bonchev–Trinajstić information content (AvgIpc) is 1.78. The van der Waals surface area contributed by atoms with E-state index in [-0.39, 0.29) is 0 Å². The van der Waals surface area contributed by atoms with Gasteiger partial charge in [0.25, 0.3) is 0 Å². The third kappa shape index (κ3) is 10.1. The van der Waals surface area contributed by atoms with E-state index in [2.05, 4.69) is 52.3 Å². The van der Waals surface area contributed by atoms with E-state index in [0.29, 0.717) is 0 Å². The second-order valence-electron chi connectivity index (χ2n) is 6.55. The fraction of sp³-hybridized carbons (Fsp3) is 0.818. The highest BCUT2D eigenvalue weighted by atomic mass is 28.3. The van der Waals surface area contributed by atoms with Crippen molar-refractivity contribution in [2.75, 3.05) is 0 Å². The van der Waals surface area contributed by atoms with Crippen LogP contribution in [0, 0.1) is 0 Å². The Hall–Kier alpha value is 0.174. The highest BCUT2D eigenvalue weighted by Gasteiger charge is 2.14. The van der Waals surface area contributed by atoms with Gasteiger partial charge in [-0.05, 0) is 19.0 Å². The predicted molar refractivity (Wildman–Crippen MR) is 70.1 cm³/mol. The summed E-state index contributed by atoms with van der Waals surface area (Å²) in [6.07, 6.45) is 2.49. The lowest BCUT2D eigenvalue weighted by Crippen LogP contribution is -2.20. The molecule has 0 atom stereocenters. The van der Waals surface area contributed by atoms with E-state index in [0.717, 1.165) is 0 Å². The molecule has 0 fully saturated rings. The van der Waals surface area contributed by atoms with Gasteiger partial charge in [0, 0.05) is 16.1 Å². The van der Waals surface area contributed by atoms with Crippen LogP contribution in [0.2, 0.25) is 51.4 Å². The SMILES string of the molecule is C/C(=C/C[Si](C)(C)C)C[Si](C)(C)C. The lowest BCUT2D eigenvalue weighted by molar-refractivity contribution is 1.28. The molecule has 0 aliphatic rings. The second kappa shape index (κ2) is 4.60. The molecule has 0 nitrogen and oxygen atoms in total. The topological polar surface area (TPSA) is 0 Å². The van der Waals surface area contributed by atoms with Crippen LogP contribution >= 0.6 is 0 Å². The molecule has 0 rings (SSSR count). The van der Waals surface area contributed by atoms with Crippen LogP contribution in [-0.2, 0) is 0 Å². The van der Waals surface area contributed by atoms with E-state index in [9.17, 15) is 0 Å². The molecule has 0 spiro atoms. The maximum Gasteiger partial charge on any atom is 0.0483 e. The first-order valence-electron chi connectivity index (χ1n) is 5.26. The fourth-order valence-electron chi connectivity index (χ4n) is 1.39.